The third kappa shape index (κ3) is 13.9. The second-order valence-electron chi connectivity index (χ2n) is 15.2. The second-order valence-corrected chi connectivity index (χ2v) is 16.2. The molecule has 1 aliphatic heterocycles. The first-order valence-electron chi connectivity index (χ1n) is 19.7. The van der Waals surface area contributed by atoms with E-state index in [2.05, 4.69) is 21.0 Å². The number of nitrogens with two attached hydrogens (primary N) is 1. The van der Waals surface area contributed by atoms with Crippen molar-refractivity contribution in [2.24, 2.45) is 23.6 Å². The summed E-state index contributed by atoms with van der Waals surface area (Å²) in [5.74, 6) is 3.23. The Morgan fingerprint density at radius 2 is 1.78 bits per heavy atom. The fraction of sp³-hybridized carbons (Fsp3) is 0.650. The van der Waals surface area contributed by atoms with Gasteiger partial charge < -0.3 is 25.4 Å². The molecular weight excluding hydrogens is 723 g/mol. The van der Waals surface area contributed by atoms with Gasteiger partial charge in [-0.05, 0) is 81.6 Å². The highest BCUT2D eigenvalue weighted by atomic mass is 32.1. The number of esters is 1. The van der Waals surface area contributed by atoms with Crippen LogP contribution in [-0.4, -0.2) is 94.0 Å². The summed E-state index contributed by atoms with van der Waals surface area (Å²) in [6.07, 6.45) is 5.88. The predicted octanol–water partition coefficient (Wildman–Crippen LogP) is 4.31. The normalized spacial score (nSPS) is 17.4. The van der Waals surface area contributed by atoms with Gasteiger partial charge in [-0.15, -0.1) is 11.3 Å². The largest absolute Gasteiger partial charge is 0.508 e. The second kappa shape index (κ2) is 22.5. The molecule has 1 saturated heterocycles. The molecule has 1 aromatic carbocycles. The van der Waals surface area contributed by atoms with Crippen molar-refractivity contribution in [1.29, 1.82) is 0 Å². The van der Waals surface area contributed by atoms with Gasteiger partial charge in [0.05, 0.1) is 11.0 Å². The van der Waals surface area contributed by atoms with Crippen molar-refractivity contribution in [1.82, 2.24) is 30.8 Å². The lowest BCUT2D eigenvalue weighted by Crippen LogP contribution is -2.59. The van der Waals surface area contributed by atoms with Crippen LogP contribution in [0.1, 0.15) is 114 Å². The third-order valence-corrected chi connectivity index (χ3v) is 11.5. The molecule has 1 unspecified atom stereocenters. The minimum absolute atomic E-state index is 0.0392. The zero-order chi connectivity index (χ0) is 40.7. The van der Waals surface area contributed by atoms with Gasteiger partial charge in [-0.3, -0.25) is 34.3 Å². The average Bonchev–Trinajstić information content (AvgIpc) is 3.64. The maximum Gasteiger partial charge on any atom is 0.307 e. The van der Waals surface area contributed by atoms with E-state index >= 15 is 0 Å². The van der Waals surface area contributed by atoms with E-state index in [1.807, 2.05) is 46.6 Å². The van der Waals surface area contributed by atoms with Gasteiger partial charge in [0.2, 0.25) is 17.7 Å². The number of aryl methyl sites for hydroxylation is 1. The van der Waals surface area contributed by atoms with Crippen molar-refractivity contribution in [2.45, 2.75) is 130 Å². The van der Waals surface area contributed by atoms with E-state index in [0.29, 0.717) is 43.5 Å². The number of thiazole rings is 1. The molecule has 14 nitrogen and oxygen atoms in total. The number of hydrazine groups is 1. The van der Waals surface area contributed by atoms with Gasteiger partial charge in [-0.2, -0.15) is 0 Å². The monoisotopic (exact) mass is 785 g/mol. The van der Waals surface area contributed by atoms with Crippen LogP contribution >= 0.6 is 11.3 Å². The predicted molar refractivity (Wildman–Crippen MR) is 213 cm³/mol. The van der Waals surface area contributed by atoms with Crippen molar-refractivity contribution in [3.63, 3.8) is 0 Å². The molecule has 15 heteroatoms. The average molecular weight is 786 g/mol. The van der Waals surface area contributed by atoms with Crippen LogP contribution < -0.4 is 21.9 Å². The number of phenols is 1. The number of rotatable bonds is 21. The molecule has 2 aromatic rings. The zero-order valence-electron chi connectivity index (χ0n) is 33.6. The first kappa shape index (κ1) is 45.3. The van der Waals surface area contributed by atoms with Crippen molar-refractivity contribution < 1.29 is 33.8 Å². The molecule has 1 fully saturated rings. The Kier molecular flexibility index (Phi) is 18.5. The number of piperidine rings is 1. The Hall–Kier alpha value is -4.08. The molecule has 6 atom stereocenters. The van der Waals surface area contributed by atoms with E-state index in [1.54, 1.807) is 41.5 Å². The number of likely N-dealkylation sites (tertiary alicyclic amines) is 1. The molecule has 0 saturated carbocycles. The number of hydrogen-bond acceptors (Lipinski definition) is 11. The molecular formula is C40H63N7O7S. The molecule has 0 aliphatic carbocycles. The number of aromatic nitrogens is 1. The molecule has 0 spiro atoms. The van der Waals surface area contributed by atoms with E-state index in [4.69, 9.17) is 10.6 Å². The quantitative estimate of drug-likeness (QED) is 0.0400. The van der Waals surface area contributed by atoms with Crippen molar-refractivity contribution in [2.75, 3.05) is 20.3 Å². The van der Waals surface area contributed by atoms with Crippen LogP contribution in [0.15, 0.2) is 29.6 Å². The lowest BCUT2D eigenvalue weighted by molar-refractivity contribution is -0.159. The summed E-state index contributed by atoms with van der Waals surface area (Å²) < 4.78 is 5.66. The first-order valence-corrected chi connectivity index (χ1v) is 20.6. The molecule has 306 valence electrons. The zero-order valence-corrected chi connectivity index (χ0v) is 34.5. The number of hydrogen-bond donors (Lipinski definition) is 5. The number of carbonyl (C=O) groups excluding carboxylic acids is 5. The summed E-state index contributed by atoms with van der Waals surface area (Å²) >= 11 is 1.34. The molecule has 0 radical (unpaired) electrons. The summed E-state index contributed by atoms with van der Waals surface area (Å²) in [4.78, 5) is 74.7. The van der Waals surface area contributed by atoms with E-state index in [9.17, 15) is 29.1 Å². The van der Waals surface area contributed by atoms with Crippen LogP contribution in [0.3, 0.4) is 0 Å². The Morgan fingerprint density at radius 3 is 2.40 bits per heavy atom. The lowest BCUT2D eigenvalue weighted by Gasteiger charge is -2.39. The number of ether oxygens (including phenoxy) is 1. The number of aromatic hydroxyl groups is 1. The van der Waals surface area contributed by atoms with Crippen LogP contribution in [-0.2, 0) is 36.8 Å². The number of benzene rings is 1. The smallest absolute Gasteiger partial charge is 0.307 e. The molecule has 4 amide bonds. The molecule has 1 aromatic heterocycles. The maximum absolute atomic E-state index is 14.5. The van der Waals surface area contributed by atoms with Gasteiger partial charge in [0.25, 0.3) is 5.91 Å². The number of amides is 4. The summed E-state index contributed by atoms with van der Waals surface area (Å²) in [7, 11) is 1.94. The van der Waals surface area contributed by atoms with Crippen molar-refractivity contribution in [3.05, 3.63) is 45.9 Å². The summed E-state index contributed by atoms with van der Waals surface area (Å²) in [5.41, 5.74) is 3.28. The first-order chi connectivity index (χ1) is 26.2. The Balaban J connectivity index is 1.80. The molecule has 1 aliphatic rings. The SMILES string of the molecule is CCCC(=O)OCN(C(=O)[C@@H](NC(=O)[C@H]1CCCCN1C)C(C)CC)[C@H](CCc1nc(C(=O)N[C@@H](Cc2ccc(O)cc2)C[C@H](C)C(=O)NN)cs1)C(C)C. The fourth-order valence-corrected chi connectivity index (χ4v) is 7.75. The van der Waals surface area contributed by atoms with E-state index < -0.39 is 24.0 Å². The highest BCUT2D eigenvalue weighted by Crippen LogP contribution is 2.24. The summed E-state index contributed by atoms with van der Waals surface area (Å²) in [6, 6.07) is 4.77. The van der Waals surface area contributed by atoms with Crippen molar-refractivity contribution in [3.8, 4) is 5.75 Å². The molecule has 55 heavy (non-hydrogen) atoms. The lowest BCUT2D eigenvalue weighted by atomic mass is 9.93. The Morgan fingerprint density at radius 1 is 1.07 bits per heavy atom. The minimum Gasteiger partial charge on any atom is -0.508 e. The molecule has 3 rings (SSSR count). The van der Waals surface area contributed by atoms with E-state index in [1.165, 1.54) is 11.3 Å². The Labute approximate surface area is 330 Å². The van der Waals surface area contributed by atoms with Gasteiger partial charge in [-0.1, -0.05) is 66.5 Å². The highest BCUT2D eigenvalue weighted by Gasteiger charge is 2.37. The number of nitrogens with zero attached hydrogens (tertiary/aromatic N) is 3. The maximum atomic E-state index is 14.5. The minimum atomic E-state index is -0.803. The number of phenolic OH excluding ortho intramolecular Hbond substituents is 1. The van der Waals surface area contributed by atoms with Crippen molar-refractivity contribution >= 4 is 40.9 Å². The van der Waals surface area contributed by atoms with Gasteiger partial charge in [-0.25, -0.2) is 10.8 Å². The third-order valence-electron chi connectivity index (χ3n) is 10.5. The molecule has 6 N–H and O–H groups in total. The van der Waals surface area contributed by atoms with Gasteiger partial charge in [0, 0.05) is 36.2 Å². The number of likely N-dealkylation sites (N-methyl/N-ethyl adjacent to an activating group) is 1. The van der Waals surface area contributed by atoms with Crippen LogP contribution in [0, 0.1) is 17.8 Å². The topological polar surface area (TPSA) is 196 Å². The Bertz CT molecular complexity index is 1550. The van der Waals surface area contributed by atoms with E-state index in [-0.39, 0.29) is 72.1 Å². The summed E-state index contributed by atoms with van der Waals surface area (Å²) in [6.45, 7) is 12.2. The van der Waals surface area contributed by atoms with Crippen LogP contribution in [0.2, 0.25) is 0 Å². The fourth-order valence-electron chi connectivity index (χ4n) is 6.95. The van der Waals surface area contributed by atoms with Gasteiger partial charge in [0.15, 0.2) is 6.73 Å². The number of nitrogens with one attached hydrogen (secondary N) is 3. The van der Waals surface area contributed by atoms with Crippen LogP contribution in [0.5, 0.6) is 5.75 Å². The standard InChI is InChI=1S/C40H63N7O7S/c1-8-12-35(49)54-24-47(40(53)36(26(5)9-2)44-39(52)33-13-10-11-20-46(33)7)32(25(3)4)18-19-34-43-31(23-55-34)38(51)42-29(21-27(6)37(50)45-41)22-28-14-16-30(48)17-15-28/h14-17,23,25-27,29,32-33,36,48H,8-13,18-22,24,41H2,1-7H3,(H,42,51)(H,44,52)(H,45,50)/t26?,27-,29+,32+,33+,36-/m0/s1. The molecule has 2 heterocycles. The van der Waals surface area contributed by atoms with Crippen LogP contribution in [0.25, 0.3) is 0 Å². The van der Waals surface area contributed by atoms with E-state index in [0.717, 1.165) is 31.4 Å². The van der Waals surface area contributed by atoms with Crippen LogP contribution in [0.4, 0.5) is 0 Å². The summed E-state index contributed by atoms with van der Waals surface area (Å²) in [5, 5.41) is 18.2. The highest BCUT2D eigenvalue weighted by molar-refractivity contribution is 7.09. The van der Waals surface area contributed by atoms with Gasteiger partial charge in [0.1, 0.15) is 17.5 Å². The van der Waals surface area contributed by atoms with Gasteiger partial charge >= 0.3 is 5.97 Å². The number of carbonyl (C=O) groups is 5. The molecule has 0 bridgehead atoms.